The zero-order chi connectivity index (χ0) is 20.5. The summed E-state index contributed by atoms with van der Waals surface area (Å²) in [6, 6.07) is 0. The van der Waals surface area contributed by atoms with Crippen molar-refractivity contribution in [1.29, 1.82) is 0 Å². The second-order valence-corrected chi connectivity index (χ2v) is 7.34. The van der Waals surface area contributed by atoms with E-state index < -0.39 is 12.2 Å². The summed E-state index contributed by atoms with van der Waals surface area (Å²) in [4.78, 5) is 11.0. The predicted molar refractivity (Wildman–Crippen MR) is 111 cm³/mol. The van der Waals surface area contributed by atoms with E-state index in [1.54, 1.807) is 18.2 Å². The second kappa shape index (κ2) is 15.2. The highest BCUT2D eigenvalue weighted by molar-refractivity contribution is 5.68. The number of ether oxygens (including phenoxy) is 1. The summed E-state index contributed by atoms with van der Waals surface area (Å²) in [6.07, 6.45) is 14.7. The molecule has 2 atom stereocenters. The number of hydrogen-bond donors (Lipinski definition) is 2. The lowest BCUT2D eigenvalue weighted by atomic mass is 9.86. The van der Waals surface area contributed by atoms with Gasteiger partial charge in [-0.2, -0.15) is 0 Å². The number of methoxy groups -OCH3 is 1. The standard InChI is InChI=1S/C23H36O4/c1-5-6-12-18-23(2,3)19-13-10-8-7-9-11-15-20(24)21(25)16-14-17-22(26)27-4/h7,9,11,13,15,19-21,24-25H,5-6,12,14,16-18H2,1-4H3/b9-7+,15-11+,19-13+/t20-,21+/m1/s1. The number of aliphatic hydroxyl groups is 2. The first kappa shape index (κ1) is 25.2. The Hall–Kier alpha value is -1.83. The molecule has 152 valence electrons. The van der Waals surface area contributed by atoms with E-state index in [0.29, 0.717) is 12.8 Å². The third-order valence-corrected chi connectivity index (χ3v) is 4.23. The smallest absolute Gasteiger partial charge is 0.305 e. The van der Waals surface area contributed by atoms with Crippen molar-refractivity contribution in [3.63, 3.8) is 0 Å². The molecule has 0 unspecified atom stereocenters. The number of aliphatic hydroxyl groups excluding tert-OH is 2. The Bertz CT molecular complexity index is 546. The number of carbonyl (C=O) groups is 1. The molecule has 0 aliphatic carbocycles. The van der Waals surface area contributed by atoms with E-state index in [-0.39, 0.29) is 17.8 Å². The molecule has 0 spiro atoms. The zero-order valence-corrected chi connectivity index (χ0v) is 17.3. The molecule has 0 heterocycles. The molecule has 2 N–H and O–H groups in total. The van der Waals surface area contributed by atoms with E-state index in [4.69, 9.17) is 0 Å². The highest BCUT2D eigenvalue weighted by Crippen LogP contribution is 2.25. The molecule has 4 nitrogen and oxygen atoms in total. The van der Waals surface area contributed by atoms with Gasteiger partial charge in [0.2, 0.25) is 0 Å². The lowest BCUT2D eigenvalue weighted by Gasteiger charge is -2.19. The van der Waals surface area contributed by atoms with Crippen LogP contribution in [0.3, 0.4) is 0 Å². The fourth-order valence-corrected chi connectivity index (χ4v) is 2.42. The molecule has 0 amide bonds. The lowest BCUT2D eigenvalue weighted by molar-refractivity contribution is -0.140. The molecule has 4 heteroatoms. The summed E-state index contributed by atoms with van der Waals surface area (Å²) in [7, 11) is 1.33. The molecule has 27 heavy (non-hydrogen) atoms. The number of unbranched alkanes of at least 4 members (excludes halogenated alkanes) is 2. The average Bonchev–Trinajstić information content (AvgIpc) is 2.63. The van der Waals surface area contributed by atoms with Crippen LogP contribution in [0.2, 0.25) is 0 Å². The molecule has 0 fully saturated rings. The van der Waals surface area contributed by atoms with Crippen molar-refractivity contribution in [3.8, 4) is 11.8 Å². The second-order valence-electron chi connectivity index (χ2n) is 7.34. The van der Waals surface area contributed by atoms with Gasteiger partial charge in [0.15, 0.2) is 0 Å². The minimum absolute atomic E-state index is 0.168. The third-order valence-electron chi connectivity index (χ3n) is 4.23. The number of esters is 1. The van der Waals surface area contributed by atoms with Crippen molar-refractivity contribution in [1.82, 2.24) is 0 Å². The quantitative estimate of drug-likeness (QED) is 0.230. The van der Waals surface area contributed by atoms with Crippen LogP contribution in [0.4, 0.5) is 0 Å². The van der Waals surface area contributed by atoms with Crippen molar-refractivity contribution in [3.05, 3.63) is 36.5 Å². The van der Waals surface area contributed by atoms with Gasteiger partial charge in [0.05, 0.1) is 19.3 Å². The zero-order valence-electron chi connectivity index (χ0n) is 17.3. The van der Waals surface area contributed by atoms with Crippen molar-refractivity contribution in [2.45, 2.75) is 77.9 Å². The van der Waals surface area contributed by atoms with Crippen LogP contribution >= 0.6 is 0 Å². The summed E-state index contributed by atoms with van der Waals surface area (Å²) >= 11 is 0. The van der Waals surface area contributed by atoms with Crippen molar-refractivity contribution < 1.29 is 19.7 Å². The summed E-state index contributed by atoms with van der Waals surface area (Å²) < 4.78 is 4.53. The molecular weight excluding hydrogens is 340 g/mol. The number of rotatable bonds is 12. The van der Waals surface area contributed by atoms with Crippen LogP contribution in [0.15, 0.2) is 36.5 Å². The van der Waals surface area contributed by atoms with Gasteiger partial charge in [-0.05, 0) is 36.8 Å². The topological polar surface area (TPSA) is 66.8 Å². The van der Waals surface area contributed by atoms with Gasteiger partial charge in [-0.15, -0.1) is 0 Å². The van der Waals surface area contributed by atoms with Crippen molar-refractivity contribution in [2.24, 2.45) is 5.41 Å². The fraction of sp³-hybridized carbons (Fsp3) is 0.609. The van der Waals surface area contributed by atoms with Gasteiger partial charge < -0.3 is 14.9 Å². The maximum atomic E-state index is 11.0. The minimum Gasteiger partial charge on any atom is -0.469 e. The van der Waals surface area contributed by atoms with Gasteiger partial charge in [-0.25, -0.2) is 0 Å². The summed E-state index contributed by atoms with van der Waals surface area (Å²) in [5.74, 6) is 5.58. The van der Waals surface area contributed by atoms with Crippen LogP contribution in [0, 0.1) is 17.3 Å². The molecule has 0 saturated carbocycles. The summed E-state index contributed by atoms with van der Waals surface area (Å²) in [5, 5.41) is 19.6. The van der Waals surface area contributed by atoms with Crippen LogP contribution < -0.4 is 0 Å². The minimum atomic E-state index is -0.968. The Balaban J connectivity index is 4.18. The predicted octanol–water partition coefficient (Wildman–Crippen LogP) is 4.33. The highest BCUT2D eigenvalue weighted by atomic mass is 16.5. The largest absolute Gasteiger partial charge is 0.469 e. The first-order valence-electron chi connectivity index (χ1n) is 9.77. The first-order chi connectivity index (χ1) is 12.8. The van der Waals surface area contributed by atoms with Gasteiger partial charge in [-0.3, -0.25) is 4.79 Å². The molecule has 0 saturated heterocycles. The van der Waals surface area contributed by atoms with Crippen molar-refractivity contribution >= 4 is 5.97 Å². The number of hydrogen-bond acceptors (Lipinski definition) is 4. The summed E-state index contributed by atoms with van der Waals surface area (Å²) in [6.45, 7) is 6.65. The van der Waals surface area contributed by atoms with Gasteiger partial charge >= 0.3 is 5.97 Å². The Morgan fingerprint density at radius 3 is 2.48 bits per heavy atom. The van der Waals surface area contributed by atoms with E-state index in [0.717, 1.165) is 6.42 Å². The Morgan fingerprint density at radius 2 is 1.81 bits per heavy atom. The van der Waals surface area contributed by atoms with Gasteiger partial charge in [0, 0.05) is 6.42 Å². The number of allylic oxidation sites excluding steroid dienone is 5. The van der Waals surface area contributed by atoms with E-state index >= 15 is 0 Å². The molecule has 0 aromatic carbocycles. The third kappa shape index (κ3) is 15.0. The average molecular weight is 377 g/mol. The highest BCUT2D eigenvalue weighted by Gasteiger charge is 2.13. The molecule has 0 rings (SSSR count). The Kier molecular flexibility index (Phi) is 14.2. The maximum absolute atomic E-state index is 11.0. The van der Waals surface area contributed by atoms with Gasteiger partial charge in [0.25, 0.3) is 0 Å². The van der Waals surface area contributed by atoms with E-state index in [1.165, 1.54) is 32.4 Å². The molecule has 0 radical (unpaired) electrons. The van der Waals surface area contributed by atoms with Crippen LogP contribution in [0.5, 0.6) is 0 Å². The number of carbonyl (C=O) groups excluding carboxylic acids is 1. The fourth-order valence-electron chi connectivity index (χ4n) is 2.42. The van der Waals surface area contributed by atoms with E-state index in [9.17, 15) is 15.0 Å². The molecule has 0 aromatic rings. The Labute approximate surface area is 165 Å². The maximum Gasteiger partial charge on any atom is 0.305 e. The molecule has 0 aliphatic heterocycles. The van der Waals surface area contributed by atoms with Crippen LogP contribution in [-0.4, -0.2) is 35.5 Å². The monoisotopic (exact) mass is 376 g/mol. The van der Waals surface area contributed by atoms with E-state index in [1.807, 2.05) is 6.08 Å². The van der Waals surface area contributed by atoms with Crippen molar-refractivity contribution in [2.75, 3.05) is 7.11 Å². The van der Waals surface area contributed by atoms with Gasteiger partial charge in [-0.1, -0.05) is 76.2 Å². The molecular formula is C23H36O4. The summed E-state index contributed by atoms with van der Waals surface area (Å²) in [5.41, 5.74) is 0.168. The normalized spacial score (nSPS) is 14.4. The molecule has 0 aromatic heterocycles. The Morgan fingerprint density at radius 1 is 1.11 bits per heavy atom. The van der Waals surface area contributed by atoms with Crippen LogP contribution in [0.1, 0.15) is 65.7 Å². The van der Waals surface area contributed by atoms with Crippen LogP contribution in [0.25, 0.3) is 0 Å². The molecule has 0 aliphatic rings. The SMILES string of the molecule is CCCCCC(C)(C)/C=C/C#C/C=C/C=C/[C@@H](O)[C@@H](O)CCCC(=O)OC. The molecule has 0 bridgehead atoms. The lowest BCUT2D eigenvalue weighted by Crippen LogP contribution is -2.23. The van der Waals surface area contributed by atoms with Gasteiger partial charge in [0.1, 0.15) is 0 Å². The van der Waals surface area contributed by atoms with E-state index in [2.05, 4.69) is 43.4 Å². The first-order valence-corrected chi connectivity index (χ1v) is 9.77. The van der Waals surface area contributed by atoms with Crippen LogP contribution in [-0.2, 0) is 9.53 Å².